The molecule has 0 bridgehead atoms. The quantitative estimate of drug-likeness (QED) is 0.908. The Morgan fingerprint density at radius 2 is 2.21 bits per heavy atom. The minimum atomic E-state index is -0.0976. The lowest BCUT2D eigenvalue weighted by Crippen LogP contribution is -2.52. The molecule has 1 atom stereocenters. The van der Waals surface area contributed by atoms with Gasteiger partial charge in [-0.15, -0.1) is 0 Å². The highest BCUT2D eigenvalue weighted by molar-refractivity contribution is 9.10. The first-order chi connectivity index (χ1) is 8.99. The molecule has 2 rings (SSSR count). The molecule has 104 valence electrons. The average molecular weight is 346 g/mol. The van der Waals surface area contributed by atoms with Crippen LogP contribution in [0.25, 0.3) is 0 Å². The van der Waals surface area contributed by atoms with Crippen molar-refractivity contribution in [2.45, 2.75) is 38.8 Å². The molecule has 1 unspecified atom stereocenters. The van der Waals surface area contributed by atoms with E-state index in [2.05, 4.69) is 35.1 Å². The van der Waals surface area contributed by atoms with Crippen molar-refractivity contribution in [1.29, 1.82) is 0 Å². The Labute approximate surface area is 127 Å². The van der Waals surface area contributed by atoms with Gasteiger partial charge >= 0.3 is 0 Å². The molecular weight excluding hydrogens is 328 g/mol. The van der Waals surface area contributed by atoms with Crippen LogP contribution >= 0.6 is 27.5 Å². The number of amides is 1. The van der Waals surface area contributed by atoms with Gasteiger partial charge in [0.15, 0.2) is 0 Å². The molecule has 1 heterocycles. The highest BCUT2D eigenvalue weighted by atomic mass is 79.9. The van der Waals surface area contributed by atoms with Crippen LogP contribution in [0.4, 0.5) is 5.69 Å². The predicted molar refractivity (Wildman–Crippen MR) is 82.8 cm³/mol. The third-order valence-electron chi connectivity index (χ3n) is 3.17. The molecule has 1 saturated heterocycles. The number of nitrogens with zero attached hydrogens (tertiary/aromatic N) is 1. The van der Waals surface area contributed by atoms with E-state index in [0.717, 1.165) is 29.5 Å². The van der Waals surface area contributed by atoms with E-state index in [0.29, 0.717) is 11.1 Å². The van der Waals surface area contributed by atoms with Crippen LogP contribution in [0.1, 0.15) is 26.7 Å². The van der Waals surface area contributed by atoms with Crippen LogP contribution < -0.4 is 10.2 Å². The molecule has 5 heteroatoms. The Morgan fingerprint density at radius 3 is 2.89 bits per heavy atom. The summed E-state index contributed by atoms with van der Waals surface area (Å²) >= 11 is 9.52. The van der Waals surface area contributed by atoms with Gasteiger partial charge in [0.1, 0.15) is 0 Å². The molecule has 1 aliphatic rings. The van der Waals surface area contributed by atoms with Crippen molar-refractivity contribution >= 4 is 39.1 Å². The summed E-state index contributed by atoms with van der Waals surface area (Å²) in [6.07, 6.45) is 1.89. The van der Waals surface area contributed by atoms with E-state index in [-0.39, 0.29) is 11.9 Å². The van der Waals surface area contributed by atoms with E-state index in [9.17, 15) is 4.79 Å². The standard InChI is InChI=1S/C14H18BrClN2O/c1-9(2)17-12-4-3-7-18(14(12)19)13-8-10(16)5-6-11(13)15/h5-6,8-9,12,17H,3-4,7H2,1-2H3. The molecule has 0 aliphatic carbocycles. The fourth-order valence-electron chi connectivity index (χ4n) is 2.36. The largest absolute Gasteiger partial charge is 0.310 e. The summed E-state index contributed by atoms with van der Waals surface area (Å²) < 4.78 is 0.899. The first kappa shape index (κ1) is 14.8. The van der Waals surface area contributed by atoms with Crippen molar-refractivity contribution in [3.05, 3.63) is 27.7 Å². The summed E-state index contributed by atoms with van der Waals surface area (Å²) in [6.45, 7) is 4.86. The molecule has 19 heavy (non-hydrogen) atoms. The number of rotatable bonds is 3. The van der Waals surface area contributed by atoms with Gasteiger partial charge in [-0.3, -0.25) is 4.79 Å². The number of halogens is 2. The Bertz CT molecular complexity index is 479. The van der Waals surface area contributed by atoms with Gasteiger partial charge in [0, 0.05) is 22.1 Å². The molecule has 1 aromatic rings. The SMILES string of the molecule is CC(C)NC1CCCN(c2cc(Cl)ccc2Br)C1=O. The normalized spacial score (nSPS) is 20.2. The third kappa shape index (κ3) is 3.50. The maximum atomic E-state index is 12.5. The summed E-state index contributed by atoms with van der Waals surface area (Å²) in [6, 6.07) is 5.73. The van der Waals surface area contributed by atoms with Crippen molar-refractivity contribution < 1.29 is 4.79 Å². The summed E-state index contributed by atoms with van der Waals surface area (Å²) in [4.78, 5) is 14.3. The molecule has 1 aliphatic heterocycles. The van der Waals surface area contributed by atoms with Crippen molar-refractivity contribution in [3.8, 4) is 0 Å². The van der Waals surface area contributed by atoms with E-state index in [1.54, 1.807) is 0 Å². The molecule has 1 fully saturated rings. The van der Waals surface area contributed by atoms with Crippen LogP contribution in [0.3, 0.4) is 0 Å². The van der Waals surface area contributed by atoms with Gasteiger partial charge in [-0.1, -0.05) is 25.4 Å². The summed E-state index contributed by atoms with van der Waals surface area (Å²) in [7, 11) is 0. The highest BCUT2D eigenvalue weighted by Gasteiger charge is 2.30. The number of benzene rings is 1. The maximum Gasteiger partial charge on any atom is 0.244 e. The first-order valence-electron chi connectivity index (χ1n) is 6.51. The minimum Gasteiger partial charge on any atom is -0.310 e. The van der Waals surface area contributed by atoms with Gasteiger partial charge < -0.3 is 10.2 Å². The van der Waals surface area contributed by atoms with E-state index in [1.165, 1.54) is 0 Å². The second-order valence-corrected chi connectivity index (χ2v) is 6.39. The summed E-state index contributed by atoms with van der Waals surface area (Å²) in [5.41, 5.74) is 0.854. The van der Waals surface area contributed by atoms with Crippen molar-refractivity contribution in [1.82, 2.24) is 5.32 Å². The van der Waals surface area contributed by atoms with Crippen LogP contribution in [0.5, 0.6) is 0 Å². The van der Waals surface area contributed by atoms with E-state index >= 15 is 0 Å². The number of hydrogen-bond acceptors (Lipinski definition) is 2. The third-order valence-corrected chi connectivity index (χ3v) is 4.08. The lowest BCUT2D eigenvalue weighted by atomic mass is 10.0. The maximum absolute atomic E-state index is 12.5. The zero-order chi connectivity index (χ0) is 14.0. The number of carbonyl (C=O) groups excluding carboxylic acids is 1. The van der Waals surface area contributed by atoms with Crippen LogP contribution in [-0.4, -0.2) is 24.5 Å². The Hall–Kier alpha value is -0.580. The van der Waals surface area contributed by atoms with E-state index in [4.69, 9.17) is 11.6 Å². The van der Waals surface area contributed by atoms with Gasteiger partial charge in [0.2, 0.25) is 5.91 Å². The van der Waals surface area contributed by atoms with Crippen LogP contribution in [0.2, 0.25) is 5.02 Å². The summed E-state index contributed by atoms with van der Waals surface area (Å²) in [5, 5.41) is 3.97. The molecule has 1 aromatic carbocycles. The topological polar surface area (TPSA) is 32.3 Å². The molecule has 0 aromatic heterocycles. The second kappa shape index (κ2) is 6.25. The minimum absolute atomic E-state index is 0.0976. The molecule has 1 N–H and O–H groups in total. The van der Waals surface area contributed by atoms with Crippen LogP contribution in [0, 0.1) is 0 Å². The zero-order valence-corrected chi connectivity index (χ0v) is 13.5. The Morgan fingerprint density at radius 1 is 1.47 bits per heavy atom. The van der Waals surface area contributed by atoms with Gasteiger partial charge in [-0.2, -0.15) is 0 Å². The van der Waals surface area contributed by atoms with Gasteiger partial charge in [0.25, 0.3) is 0 Å². The van der Waals surface area contributed by atoms with Crippen molar-refractivity contribution in [2.75, 3.05) is 11.4 Å². The molecule has 0 radical (unpaired) electrons. The Balaban J connectivity index is 2.24. The van der Waals surface area contributed by atoms with Crippen molar-refractivity contribution in [3.63, 3.8) is 0 Å². The predicted octanol–water partition coefficient (Wildman–Crippen LogP) is 3.60. The van der Waals surface area contributed by atoms with Crippen molar-refractivity contribution in [2.24, 2.45) is 0 Å². The number of anilines is 1. The van der Waals surface area contributed by atoms with E-state index < -0.39 is 0 Å². The number of carbonyl (C=O) groups is 1. The molecule has 1 amide bonds. The molecule has 0 saturated carbocycles. The second-order valence-electron chi connectivity index (χ2n) is 5.10. The number of piperidine rings is 1. The average Bonchev–Trinajstić information content (AvgIpc) is 2.35. The number of nitrogens with one attached hydrogen (secondary N) is 1. The smallest absolute Gasteiger partial charge is 0.244 e. The fraction of sp³-hybridized carbons (Fsp3) is 0.500. The zero-order valence-electron chi connectivity index (χ0n) is 11.1. The van der Waals surface area contributed by atoms with Gasteiger partial charge in [-0.25, -0.2) is 0 Å². The molecular formula is C14H18BrClN2O. The van der Waals surface area contributed by atoms with Gasteiger partial charge in [-0.05, 0) is 47.0 Å². The molecule has 0 spiro atoms. The summed E-state index contributed by atoms with van der Waals surface area (Å²) in [5.74, 6) is 0.128. The molecule has 3 nitrogen and oxygen atoms in total. The first-order valence-corrected chi connectivity index (χ1v) is 7.68. The number of hydrogen-bond donors (Lipinski definition) is 1. The van der Waals surface area contributed by atoms with Crippen LogP contribution in [-0.2, 0) is 4.79 Å². The van der Waals surface area contributed by atoms with Gasteiger partial charge in [0.05, 0.1) is 11.7 Å². The fourth-order valence-corrected chi connectivity index (χ4v) is 2.99. The Kier molecular flexibility index (Phi) is 4.87. The lowest BCUT2D eigenvalue weighted by molar-refractivity contribution is -0.121. The highest BCUT2D eigenvalue weighted by Crippen LogP contribution is 2.31. The van der Waals surface area contributed by atoms with E-state index in [1.807, 2.05) is 23.1 Å². The monoisotopic (exact) mass is 344 g/mol. The van der Waals surface area contributed by atoms with Crippen LogP contribution in [0.15, 0.2) is 22.7 Å². The lowest BCUT2D eigenvalue weighted by Gasteiger charge is -2.34.